The molecule has 7 rings (SSSR count). The number of carbonyl (C=O) groups excluding carboxylic acids is 1. The normalized spacial score (nSPS) is 21.0. The number of aliphatic imine (C=N–C) groups is 1. The maximum absolute atomic E-state index is 13.0. The largest absolute Gasteiger partial charge is 0.503 e. The van der Waals surface area contributed by atoms with Gasteiger partial charge in [0.25, 0.3) is 5.91 Å². The van der Waals surface area contributed by atoms with Crippen molar-refractivity contribution in [3.8, 4) is 11.5 Å². The van der Waals surface area contributed by atoms with Gasteiger partial charge in [-0.05, 0) is 106 Å². The Labute approximate surface area is 270 Å². The topological polar surface area (TPSA) is 74.2 Å². The Morgan fingerprint density at radius 3 is 2.18 bits per heavy atom. The fraction of sp³-hybridized carbons (Fsp3) is 0.222. The molecule has 0 aromatic heterocycles. The van der Waals surface area contributed by atoms with E-state index in [1.54, 1.807) is 18.2 Å². The van der Waals surface area contributed by atoms with Crippen molar-refractivity contribution in [2.45, 2.75) is 31.6 Å². The lowest BCUT2D eigenvalue weighted by Gasteiger charge is -2.43. The van der Waals surface area contributed by atoms with Crippen molar-refractivity contribution < 1.29 is 14.6 Å². The number of hydrogen-bond donors (Lipinski definition) is 2. The lowest BCUT2D eigenvalue weighted by atomic mass is 9.76. The number of nitrogens with zero attached hydrogens (tertiary/aromatic N) is 2. The molecule has 0 bridgehead atoms. The predicted molar refractivity (Wildman–Crippen MR) is 182 cm³/mol. The molecule has 3 heterocycles. The number of halogens is 1. The van der Waals surface area contributed by atoms with E-state index in [1.165, 1.54) is 39.7 Å². The Morgan fingerprint density at radius 2 is 1.59 bits per heavy atom. The molecule has 1 fully saturated rings. The monoisotopic (exact) mass is 665 g/mol. The van der Waals surface area contributed by atoms with E-state index in [2.05, 4.69) is 98.9 Å². The van der Waals surface area contributed by atoms with Crippen LogP contribution in [0.2, 0.25) is 0 Å². The summed E-state index contributed by atoms with van der Waals surface area (Å²) in [5, 5.41) is 13.8. The Bertz CT molecular complexity index is 1720. The summed E-state index contributed by atoms with van der Waals surface area (Å²) in [7, 11) is 0. The van der Waals surface area contributed by atoms with Crippen LogP contribution in [0.5, 0.6) is 11.5 Å². The summed E-state index contributed by atoms with van der Waals surface area (Å²) in [6.45, 7) is 4.35. The molecule has 0 radical (unpaired) electrons. The number of carbonyl (C=O) groups is 1. The first-order chi connectivity index (χ1) is 21.5. The summed E-state index contributed by atoms with van der Waals surface area (Å²) < 4.78 is 6.07. The second-order valence-electron chi connectivity index (χ2n) is 11.2. The summed E-state index contributed by atoms with van der Waals surface area (Å²) in [4.78, 5) is 21.1. The van der Waals surface area contributed by atoms with Crippen LogP contribution in [0.1, 0.15) is 59.4 Å². The van der Waals surface area contributed by atoms with Crippen LogP contribution >= 0.6 is 27.7 Å². The minimum absolute atomic E-state index is 0.0392. The second-order valence-corrected chi connectivity index (χ2v) is 13.1. The van der Waals surface area contributed by atoms with E-state index in [9.17, 15) is 9.90 Å². The van der Waals surface area contributed by atoms with Gasteiger partial charge in [0.15, 0.2) is 16.7 Å². The molecule has 0 aliphatic carbocycles. The smallest absolute Gasteiger partial charge is 0.264 e. The highest BCUT2D eigenvalue weighted by molar-refractivity contribution is 9.10. The maximum Gasteiger partial charge on any atom is 0.264 e. The Kier molecular flexibility index (Phi) is 7.95. The zero-order chi connectivity index (χ0) is 30.2. The van der Waals surface area contributed by atoms with E-state index in [-0.39, 0.29) is 23.5 Å². The van der Waals surface area contributed by atoms with Crippen LogP contribution in [0.4, 0.5) is 11.4 Å². The first-order valence-electron chi connectivity index (χ1n) is 15.0. The standard InChI is InChI=1S/C36H32BrN3O3S/c1-2-43-31-18-22(17-30(37)34(31)41)19-32-35(42)39-36(44-32)38-25-20-28-26(23-9-5-3-6-10-23)13-15-40-16-14-27(29(21-25)33(28)40)24-11-7-4-8-12-24/h3-12,17-21,26-27,41H,2,13-16H2,1H3,(H,38,39,42)/b32-19-/t26-,27+. The highest BCUT2D eigenvalue weighted by atomic mass is 79.9. The number of ether oxygens (including phenoxy) is 1. The number of benzene rings is 4. The van der Waals surface area contributed by atoms with Crippen molar-refractivity contribution in [2.75, 3.05) is 24.6 Å². The van der Waals surface area contributed by atoms with Gasteiger partial charge < -0.3 is 20.1 Å². The highest BCUT2D eigenvalue weighted by Crippen LogP contribution is 2.50. The van der Waals surface area contributed by atoms with Crippen molar-refractivity contribution in [1.29, 1.82) is 0 Å². The van der Waals surface area contributed by atoms with Gasteiger partial charge >= 0.3 is 0 Å². The fourth-order valence-corrected chi connectivity index (χ4v) is 7.90. The molecule has 1 saturated heterocycles. The van der Waals surface area contributed by atoms with Gasteiger partial charge in [-0.1, -0.05) is 60.7 Å². The number of nitrogens with one attached hydrogen (secondary N) is 1. The van der Waals surface area contributed by atoms with Crippen molar-refractivity contribution in [3.63, 3.8) is 0 Å². The zero-order valence-electron chi connectivity index (χ0n) is 24.3. The number of amidine groups is 1. The molecule has 6 nitrogen and oxygen atoms in total. The number of phenolic OH excluding ortho intramolecular Hbond substituents is 1. The summed E-state index contributed by atoms with van der Waals surface area (Å²) in [5.41, 5.74) is 8.19. The van der Waals surface area contributed by atoms with Crippen molar-refractivity contribution in [1.82, 2.24) is 5.32 Å². The molecular weight excluding hydrogens is 634 g/mol. The maximum atomic E-state index is 13.0. The number of thioether (sulfide) groups is 1. The van der Waals surface area contributed by atoms with Gasteiger partial charge in [-0.15, -0.1) is 0 Å². The quantitative estimate of drug-likeness (QED) is 0.203. The number of aromatic hydroxyl groups is 1. The second kappa shape index (κ2) is 12.2. The van der Waals surface area contributed by atoms with Crippen LogP contribution in [-0.4, -0.2) is 35.9 Å². The number of amides is 1. The minimum Gasteiger partial charge on any atom is -0.503 e. The van der Waals surface area contributed by atoms with Crippen LogP contribution in [-0.2, 0) is 4.79 Å². The molecule has 4 aromatic rings. The first kappa shape index (κ1) is 28.7. The average Bonchev–Trinajstić information content (AvgIpc) is 3.38. The van der Waals surface area contributed by atoms with E-state index in [0.29, 0.717) is 26.9 Å². The van der Waals surface area contributed by atoms with Gasteiger partial charge in [-0.2, -0.15) is 0 Å². The van der Waals surface area contributed by atoms with Crippen LogP contribution in [0.3, 0.4) is 0 Å². The third kappa shape index (κ3) is 5.53. The molecule has 44 heavy (non-hydrogen) atoms. The van der Waals surface area contributed by atoms with Crippen LogP contribution in [0, 0.1) is 0 Å². The summed E-state index contributed by atoms with van der Waals surface area (Å²) >= 11 is 4.71. The van der Waals surface area contributed by atoms with E-state index >= 15 is 0 Å². The molecule has 0 unspecified atom stereocenters. The van der Waals surface area contributed by atoms with Crippen LogP contribution in [0.15, 0.2) is 99.3 Å². The lowest BCUT2D eigenvalue weighted by Crippen LogP contribution is -2.37. The number of rotatable bonds is 6. The van der Waals surface area contributed by atoms with Gasteiger partial charge in [-0.25, -0.2) is 4.99 Å². The highest BCUT2D eigenvalue weighted by Gasteiger charge is 2.35. The van der Waals surface area contributed by atoms with Gasteiger partial charge in [0.05, 0.1) is 21.7 Å². The molecule has 3 aliphatic heterocycles. The molecule has 0 spiro atoms. The summed E-state index contributed by atoms with van der Waals surface area (Å²) in [6.07, 6.45) is 3.90. The molecule has 2 N–H and O–H groups in total. The molecular formula is C36H32BrN3O3S. The molecule has 222 valence electrons. The molecule has 3 aliphatic rings. The van der Waals surface area contributed by atoms with E-state index < -0.39 is 0 Å². The third-order valence-electron chi connectivity index (χ3n) is 8.53. The predicted octanol–water partition coefficient (Wildman–Crippen LogP) is 8.32. The number of phenols is 1. The Hall–Kier alpha value is -4.01. The SMILES string of the molecule is CCOc1cc(/C=C2\SC(=Nc3cc4c5c(c3)[C@H](c3ccccc3)CCN5CC[C@@H]4c3ccccc3)NC2=O)cc(Br)c1O. The average molecular weight is 667 g/mol. The van der Waals surface area contributed by atoms with E-state index in [4.69, 9.17) is 9.73 Å². The van der Waals surface area contributed by atoms with E-state index in [1.807, 2.05) is 6.92 Å². The van der Waals surface area contributed by atoms with Gasteiger partial charge in [0.2, 0.25) is 0 Å². The first-order valence-corrected chi connectivity index (χ1v) is 16.6. The molecule has 4 aromatic carbocycles. The van der Waals surface area contributed by atoms with Gasteiger partial charge in [0.1, 0.15) is 0 Å². The van der Waals surface area contributed by atoms with Crippen molar-refractivity contribution in [2.24, 2.45) is 4.99 Å². The summed E-state index contributed by atoms with van der Waals surface area (Å²) in [6, 6.07) is 29.5. The van der Waals surface area contributed by atoms with Crippen LogP contribution < -0.4 is 15.0 Å². The third-order valence-corrected chi connectivity index (χ3v) is 10.0. The molecule has 1 amide bonds. The molecule has 8 heteroatoms. The minimum atomic E-state index is -0.203. The fourth-order valence-electron chi connectivity index (χ4n) is 6.60. The van der Waals surface area contributed by atoms with Crippen LogP contribution in [0.25, 0.3) is 6.08 Å². The number of hydrogen-bond acceptors (Lipinski definition) is 6. The van der Waals surface area contributed by atoms with E-state index in [0.717, 1.165) is 37.2 Å². The Morgan fingerprint density at radius 1 is 0.977 bits per heavy atom. The van der Waals surface area contributed by atoms with Gasteiger partial charge in [-0.3, -0.25) is 4.79 Å². The zero-order valence-corrected chi connectivity index (χ0v) is 26.7. The van der Waals surface area contributed by atoms with Gasteiger partial charge in [0, 0.05) is 30.6 Å². The van der Waals surface area contributed by atoms with Crippen molar-refractivity contribution >= 4 is 56.2 Å². The van der Waals surface area contributed by atoms with Crippen molar-refractivity contribution in [3.05, 3.63) is 122 Å². The summed E-state index contributed by atoms with van der Waals surface area (Å²) in [5.74, 6) is 0.765. The number of anilines is 1. The Balaban J connectivity index is 1.29. The lowest BCUT2D eigenvalue weighted by molar-refractivity contribution is -0.115. The molecule has 2 atom stereocenters. The molecule has 0 saturated carbocycles.